The summed E-state index contributed by atoms with van der Waals surface area (Å²) >= 11 is 6.02. The van der Waals surface area contributed by atoms with Crippen LogP contribution >= 0.6 is 11.6 Å². The number of rotatable bonds is 13. The molecule has 3 aromatic rings. The van der Waals surface area contributed by atoms with Gasteiger partial charge < -0.3 is 19.3 Å². The van der Waals surface area contributed by atoms with Crippen molar-refractivity contribution in [3.8, 4) is 11.8 Å². The number of aromatic carboxylic acids is 1. The molecule has 3 N–H and O–H groups in total. The van der Waals surface area contributed by atoms with Gasteiger partial charge in [-0.1, -0.05) is 43.5 Å². The summed E-state index contributed by atoms with van der Waals surface area (Å²) in [7, 11) is -3.11. The highest BCUT2D eigenvalue weighted by Crippen LogP contribution is 2.39. The first-order valence-corrected chi connectivity index (χ1v) is 18.3. The molecule has 54 heavy (non-hydrogen) atoms. The molecule has 5 rings (SSSR count). The van der Waals surface area contributed by atoms with Gasteiger partial charge in [0.05, 0.1) is 30.0 Å². The smallest absolute Gasteiger partial charge is 0.344 e. The van der Waals surface area contributed by atoms with Crippen molar-refractivity contribution >= 4 is 63.0 Å². The molecule has 1 aromatic heterocycles. The van der Waals surface area contributed by atoms with Crippen LogP contribution in [0.5, 0.6) is 11.8 Å². The summed E-state index contributed by atoms with van der Waals surface area (Å²) in [6.45, 7) is 3.45. The molecule has 1 aliphatic heterocycles. The number of aromatic nitrogens is 3. The number of carbonyl (C=O) groups is 5. The third-order valence-corrected chi connectivity index (χ3v) is 9.44. The van der Waals surface area contributed by atoms with Crippen LogP contribution in [0.2, 0.25) is 5.02 Å². The first kappa shape index (κ1) is 41.1. The van der Waals surface area contributed by atoms with Gasteiger partial charge in [0, 0.05) is 17.2 Å². The second-order valence-electron chi connectivity index (χ2n) is 11.6. The lowest BCUT2D eigenvalue weighted by Crippen LogP contribution is -2.35. The van der Waals surface area contributed by atoms with Gasteiger partial charge >= 0.3 is 24.0 Å². The molecule has 17 nitrogen and oxygen atoms in total. The number of ether oxygens (including phenoxy) is 3. The minimum atomic E-state index is -4.43. The van der Waals surface area contributed by atoms with E-state index in [0.29, 0.717) is 30.6 Å². The molecule has 2 aromatic carbocycles. The summed E-state index contributed by atoms with van der Waals surface area (Å²) in [6.07, 6.45) is 5.40. The fourth-order valence-electron chi connectivity index (χ4n) is 5.26. The molecule has 0 saturated heterocycles. The maximum absolute atomic E-state index is 14.5. The number of carbonyl (C=O) groups excluding carboxylic acids is 4. The molecule has 0 fully saturated rings. The normalized spacial score (nSPS) is 13.8. The van der Waals surface area contributed by atoms with E-state index in [1.54, 1.807) is 4.72 Å². The number of hydrogen-bond acceptors (Lipinski definition) is 13. The number of carboxylic acids is 1. The zero-order valence-corrected chi connectivity index (χ0v) is 30.9. The van der Waals surface area contributed by atoms with E-state index < -0.39 is 62.7 Å². The van der Waals surface area contributed by atoms with Crippen LogP contribution in [-0.4, -0.2) is 78.6 Å². The predicted octanol–water partition coefficient (Wildman–Crippen LogP) is 4.73. The van der Waals surface area contributed by atoms with Gasteiger partial charge in [0.15, 0.2) is 6.61 Å². The topological polar surface area (TPSA) is 233 Å². The van der Waals surface area contributed by atoms with Gasteiger partial charge in [-0.3, -0.25) is 14.9 Å². The van der Waals surface area contributed by atoms with Crippen LogP contribution in [0.15, 0.2) is 52.4 Å². The Labute approximate surface area is 313 Å². The Balaban J connectivity index is 0.000000244. The van der Waals surface area contributed by atoms with Crippen LogP contribution in [-0.2, 0) is 29.1 Å². The second-order valence-corrected chi connectivity index (χ2v) is 13.7. The van der Waals surface area contributed by atoms with Crippen LogP contribution in [0.3, 0.4) is 0 Å². The lowest BCUT2D eigenvalue weighted by molar-refractivity contribution is -0.146. The quantitative estimate of drug-likeness (QED) is 0.121. The lowest BCUT2D eigenvalue weighted by atomic mass is 9.93. The zero-order chi connectivity index (χ0) is 39.6. The van der Waals surface area contributed by atoms with E-state index in [-0.39, 0.29) is 34.2 Å². The van der Waals surface area contributed by atoms with Crippen molar-refractivity contribution in [2.75, 3.05) is 30.5 Å². The molecule has 0 radical (unpaired) electrons. The van der Waals surface area contributed by atoms with E-state index in [4.69, 9.17) is 30.9 Å². The molecular formula is C34H36ClFN6O11S. The Morgan fingerprint density at radius 3 is 2.31 bits per heavy atom. The van der Waals surface area contributed by atoms with Crippen LogP contribution < -0.4 is 24.4 Å². The Morgan fingerprint density at radius 1 is 1.02 bits per heavy atom. The Bertz CT molecular complexity index is 2070. The van der Waals surface area contributed by atoms with Crippen molar-refractivity contribution in [3.05, 3.63) is 69.8 Å². The molecule has 1 aliphatic carbocycles. The van der Waals surface area contributed by atoms with E-state index in [0.717, 1.165) is 55.2 Å². The number of methoxy groups -OCH3 is 1. The number of carboxylic acid groups (broad SMARTS) is 1. The van der Waals surface area contributed by atoms with Gasteiger partial charge in [-0.25, -0.2) is 36.8 Å². The van der Waals surface area contributed by atoms with Crippen molar-refractivity contribution in [3.63, 3.8) is 0 Å². The summed E-state index contributed by atoms with van der Waals surface area (Å²) in [5.74, 6) is -3.85. The Morgan fingerprint density at radius 2 is 1.69 bits per heavy atom. The number of amides is 4. The average molecular weight is 791 g/mol. The minimum Gasteiger partial charge on any atom is -0.480 e. The van der Waals surface area contributed by atoms with Gasteiger partial charge in [-0.05, 0) is 57.2 Å². The van der Waals surface area contributed by atoms with Gasteiger partial charge in [0.1, 0.15) is 22.3 Å². The second kappa shape index (κ2) is 18.4. The third-order valence-electron chi connectivity index (χ3n) is 7.76. The molecule has 4 amide bonds. The molecule has 20 heteroatoms. The molecule has 0 unspecified atom stereocenters. The van der Waals surface area contributed by atoms with Gasteiger partial charge in [-0.15, -0.1) is 0 Å². The average Bonchev–Trinajstić information content (AvgIpc) is 3.38. The first-order valence-electron chi connectivity index (χ1n) is 16.5. The van der Waals surface area contributed by atoms with E-state index in [9.17, 15) is 36.8 Å². The van der Waals surface area contributed by atoms with Crippen molar-refractivity contribution in [1.82, 2.24) is 19.7 Å². The highest BCUT2D eigenvalue weighted by Gasteiger charge is 2.41. The van der Waals surface area contributed by atoms with Gasteiger partial charge in [0.25, 0.3) is 21.8 Å². The number of sulfonamides is 1. The highest BCUT2D eigenvalue weighted by atomic mass is 35.5. The number of anilines is 2. The standard InChI is InChI=1S/C21H23ClFNO5.C13H13N5O6S/c1-2-3-6-9-28-19(25)12-29-18-11-17(16(23)10-15(18)22)24-20(26)13-7-4-5-8-14(13)21(24)27;1-7-14-11(17-13(15-7)24-2)16-12(21)18-25(22,23)9-6-4-3-5-8(9)10(19)20/h10-11H,2-9,12H2,1H3;3-6H,1-2H3,(H,19,20)(H2,14,15,16,17,18,21). The summed E-state index contributed by atoms with van der Waals surface area (Å²) in [5.41, 5.74) is 0.202. The van der Waals surface area contributed by atoms with Crippen molar-refractivity contribution in [2.45, 2.75) is 63.7 Å². The number of nitrogens with zero attached hydrogens (tertiary/aromatic N) is 4. The monoisotopic (exact) mass is 790 g/mol. The number of imide groups is 1. The molecular weight excluding hydrogens is 755 g/mol. The maximum atomic E-state index is 14.5. The summed E-state index contributed by atoms with van der Waals surface area (Å²) in [5, 5.41) is 11.1. The molecule has 0 bridgehead atoms. The number of halogens is 2. The van der Waals surface area contributed by atoms with Crippen molar-refractivity contribution < 1.29 is 56.1 Å². The van der Waals surface area contributed by atoms with Gasteiger partial charge in [0.2, 0.25) is 5.95 Å². The number of nitrogens with one attached hydrogen (secondary N) is 2. The molecule has 0 saturated carbocycles. The summed E-state index contributed by atoms with van der Waals surface area (Å²) in [4.78, 5) is 71.8. The maximum Gasteiger partial charge on any atom is 0.344 e. The van der Waals surface area contributed by atoms with Crippen LogP contribution in [0.4, 0.5) is 20.8 Å². The SMILES string of the molecule is CCCCCOC(=O)COc1cc(N2C(=O)C3=C(CCCC3)C2=O)c(F)cc1Cl.COc1nc(C)nc(NC(=O)NS(=O)(=O)c2ccccc2C(=O)O)n1. The Kier molecular flexibility index (Phi) is 14.0. The molecule has 2 heterocycles. The fourth-order valence-corrected chi connectivity index (χ4v) is 6.57. The van der Waals surface area contributed by atoms with E-state index in [1.807, 2.05) is 6.92 Å². The van der Waals surface area contributed by atoms with Crippen molar-refractivity contribution in [2.24, 2.45) is 0 Å². The molecule has 288 valence electrons. The molecule has 0 atom stereocenters. The fraction of sp³-hybridized carbons (Fsp3) is 0.353. The van der Waals surface area contributed by atoms with Crippen LogP contribution in [0.1, 0.15) is 68.1 Å². The lowest BCUT2D eigenvalue weighted by Gasteiger charge is -2.18. The number of unbranched alkanes of at least 4 members (excludes halogenated alkanes) is 2. The highest BCUT2D eigenvalue weighted by molar-refractivity contribution is 7.90. The van der Waals surface area contributed by atoms with E-state index in [2.05, 4.69) is 20.3 Å². The number of urea groups is 1. The predicted molar refractivity (Wildman–Crippen MR) is 189 cm³/mol. The number of hydrogen-bond donors (Lipinski definition) is 3. The van der Waals surface area contributed by atoms with Gasteiger partial charge in [-0.2, -0.15) is 15.0 Å². The van der Waals surface area contributed by atoms with Crippen LogP contribution in [0.25, 0.3) is 0 Å². The summed E-state index contributed by atoms with van der Waals surface area (Å²) < 4.78 is 55.9. The number of benzene rings is 2. The zero-order valence-electron chi connectivity index (χ0n) is 29.3. The van der Waals surface area contributed by atoms with E-state index in [1.165, 1.54) is 32.2 Å². The van der Waals surface area contributed by atoms with Crippen LogP contribution in [0, 0.1) is 12.7 Å². The number of esters is 1. The third kappa shape index (κ3) is 10.2. The van der Waals surface area contributed by atoms with Crippen molar-refractivity contribution in [1.29, 1.82) is 0 Å². The molecule has 2 aliphatic rings. The first-order chi connectivity index (χ1) is 25.7. The van der Waals surface area contributed by atoms with E-state index >= 15 is 0 Å². The largest absolute Gasteiger partial charge is 0.480 e. The minimum absolute atomic E-state index is 0.000883. The summed E-state index contributed by atoms with van der Waals surface area (Å²) in [6, 6.07) is 5.77. The number of aryl methyl sites for hydroxylation is 1. The molecule has 0 spiro atoms. The Hall–Kier alpha value is -5.69.